The highest BCUT2D eigenvalue weighted by Gasteiger charge is 2.21. The second kappa shape index (κ2) is 7.51. The summed E-state index contributed by atoms with van der Waals surface area (Å²) in [6.45, 7) is 0.938. The van der Waals surface area contributed by atoms with Crippen LogP contribution in [0.3, 0.4) is 0 Å². The lowest BCUT2D eigenvalue weighted by molar-refractivity contribution is 0.462. The number of ether oxygens (including phenoxy) is 1. The molecule has 118 valence electrons. The molecule has 3 rings (SSSR count). The topological polar surface area (TPSA) is 21.3 Å². The van der Waals surface area contributed by atoms with Crippen LogP contribution in [0.5, 0.6) is 11.5 Å². The van der Waals surface area contributed by atoms with E-state index in [-0.39, 0.29) is 24.3 Å². The van der Waals surface area contributed by atoms with Gasteiger partial charge in [0, 0.05) is 17.7 Å². The zero-order valence-electron chi connectivity index (χ0n) is 11.6. The van der Waals surface area contributed by atoms with E-state index in [1.165, 1.54) is 12.1 Å². The Morgan fingerprint density at radius 1 is 1.09 bits per heavy atom. The van der Waals surface area contributed by atoms with E-state index in [1.54, 1.807) is 24.3 Å². The van der Waals surface area contributed by atoms with Gasteiger partial charge in [0.1, 0.15) is 17.3 Å². The maximum absolute atomic E-state index is 13.5. The summed E-state index contributed by atoms with van der Waals surface area (Å²) < 4.78 is 19.4. The summed E-state index contributed by atoms with van der Waals surface area (Å²) in [6.07, 6.45) is 2.05. The monoisotopic (exact) mass is 361 g/mol. The molecule has 0 amide bonds. The third-order valence-corrected chi connectivity index (χ3v) is 4.27. The summed E-state index contributed by atoms with van der Waals surface area (Å²) >= 11 is 11.9. The Balaban J connectivity index is 0.00000176. The van der Waals surface area contributed by atoms with E-state index in [9.17, 15) is 4.39 Å². The lowest BCUT2D eigenvalue weighted by atomic mass is 10.0. The quantitative estimate of drug-likeness (QED) is 0.748. The van der Waals surface area contributed by atoms with Gasteiger partial charge in [0.25, 0.3) is 0 Å². The van der Waals surface area contributed by atoms with Crippen molar-refractivity contribution in [1.82, 2.24) is 5.32 Å². The molecule has 0 saturated carbocycles. The lowest BCUT2D eigenvalue weighted by Gasteiger charge is -2.16. The molecule has 0 radical (unpaired) electrons. The SMILES string of the molecule is Cl.Fc1ccc(Oc2ccc(Cl)c(Cl)c2)c(C2CCCN2)c1. The molecule has 0 aliphatic carbocycles. The van der Waals surface area contributed by atoms with Gasteiger partial charge < -0.3 is 10.1 Å². The smallest absolute Gasteiger partial charge is 0.132 e. The molecular weight excluding hydrogens is 348 g/mol. The third-order valence-electron chi connectivity index (χ3n) is 3.53. The molecule has 1 atom stereocenters. The Morgan fingerprint density at radius 2 is 1.91 bits per heavy atom. The van der Waals surface area contributed by atoms with Gasteiger partial charge >= 0.3 is 0 Å². The van der Waals surface area contributed by atoms with Crippen LogP contribution in [-0.4, -0.2) is 6.54 Å². The minimum absolute atomic E-state index is 0. The van der Waals surface area contributed by atoms with Crippen molar-refractivity contribution in [2.75, 3.05) is 6.54 Å². The first-order chi connectivity index (χ1) is 10.1. The minimum Gasteiger partial charge on any atom is -0.457 e. The molecule has 2 aromatic rings. The fraction of sp³-hybridized carbons (Fsp3) is 0.250. The van der Waals surface area contributed by atoms with E-state index >= 15 is 0 Å². The van der Waals surface area contributed by atoms with Gasteiger partial charge in [-0.05, 0) is 49.7 Å². The van der Waals surface area contributed by atoms with Crippen molar-refractivity contribution in [3.63, 3.8) is 0 Å². The van der Waals surface area contributed by atoms with Crippen LogP contribution in [0.25, 0.3) is 0 Å². The number of halogens is 4. The number of rotatable bonds is 3. The highest BCUT2D eigenvalue weighted by Crippen LogP contribution is 2.35. The minimum atomic E-state index is -0.264. The molecule has 2 aromatic carbocycles. The second-order valence-corrected chi connectivity index (χ2v) is 5.82. The van der Waals surface area contributed by atoms with Crippen molar-refractivity contribution in [3.05, 3.63) is 57.8 Å². The molecule has 1 heterocycles. The average molecular weight is 363 g/mol. The van der Waals surface area contributed by atoms with E-state index in [2.05, 4.69) is 5.32 Å². The number of hydrogen-bond acceptors (Lipinski definition) is 2. The molecule has 1 saturated heterocycles. The van der Waals surface area contributed by atoms with Crippen LogP contribution in [0.1, 0.15) is 24.4 Å². The first kappa shape index (κ1) is 17.4. The van der Waals surface area contributed by atoms with Gasteiger partial charge in [-0.25, -0.2) is 4.39 Å². The first-order valence-electron chi connectivity index (χ1n) is 6.79. The highest BCUT2D eigenvalue weighted by atomic mass is 35.5. The molecule has 1 unspecified atom stereocenters. The Labute approximate surface area is 145 Å². The van der Waals surface area contributed by atoms with Crippen molar-refractivity contribution in [2.24, 2.45) is 0 Å². The molecule has 1 aliphatic rings. The summed E-state index contributed by atoms with van der Waals surface area (Å²) in [5.41, 5.74) is 0.832. The van der Waals surface area contributed by atoms with E-state index in [1.807, 2.05) is 0 Å². The second-order valence-electron chi connectivity index (χ2n) is 5.01. The number of benzene rings is 2. The molecule has 22 heavy (non-hydrogen) atoms. The standard InChI is InChI=1S/C16H14Cl2FNO.ClH/c17-13-5-4-11(9-14(13)18)21-16-6-3-10(19)8-12(16)15-2-1-7-20-15;/h3-6,8-9,15,20H,1-2,7H2;1H. The third kappa shape index (κ3) is 3.85. The van der Waals surface area contributed by atoms with Gasteiger partial charge in [0.2, 0.25) is 0 Å². The zero-order valence-corrected chi connectivity index (χ0v) is 13.9. The summed E-state index contributed by atoms with van der Waals surface area (Å²) in [7, 11) is 0. The van der Waals surface area contributed by atoms with E-state index in [0.717, 1.165) is 24.9 Å². The largest absolute Gasteiger partial charge is 0.457 e. The Kier molecular flexibility index (Phi) is 5.93. The molecular formula is C16H15Cl3FNO. The summed E-state index contributed by atoms with van der Waals surface area (Å²) in [4.78, 5) is 0. The molecule has 1 aliphatic heterocycles. The fourth-order valence-electron chi connectivity index (χ4n) is 2.50. The zero-order chi connectivity index (χ0) is 14.8. The molecule has 2 nitrogen and oxygen atoms in total. The maximum atomic E-state index is 13.5. The van der Waals surface area contributed by atoms with Crippen LogP contribution >= 0.6 is 35.6 Å². The van der Waals surface area contributed by atoms with Crippen molar-refractivity contribution in [1.29, 1.82) is 0 Å². The average Bonchev–Trinajstić information content (AvgIpc) is 2.99. The van der Waals surface area contributed by atoms with Crippen LogP contribution in [-0.2, 0) is 0 Å². The van der Waals surface area contributed by atoms with Crippen molar-refractivity contribution < 1.29 is 9.13 Å². The van der Waals surface area contributed by atoms with Crippen LogP contribution in [0.4, 0.5) is 4.39 Å². The molecule has 0 spiro atoms. The van der Waals surface area contributed by atoms with Crippen molar-refractivity contribution in [3.8, 4) is 11.5 Å². The summed E-state index contributed by atoms with van der Waals surface area (Å²) in [5.74, 6) is 0.949. The molecule has 0 bridgehead atoms. The predicted octanol–water partition coefficient (Wildman–Crippen LogP) is 5.77. The van der Waals surface area contributed by atoms with Crippen LogP contribution in [0.15, 0.2) is 36.4 Å². The Bertz CT molecular complexity index is 660. The molecule has 0 aromatic heterocycles. The highest BCUT2D eigenvalue weighted by molar-refractivity contribution is 6.42. The van der Waals surface area contributed by atoms with Gasteiger partial charge in [0.05, 0.1) is 10.0 Å². The Hall–Kier alpha value is -1.00. The van der Waals surface area contributed by atoms with Gasteiger partial charge in [-0.15, -0.1) is 12.4 Å². The van der Waals surface area contributed by atoms with Gasteiger partial charge in [0.15, 0.2) is 0 Å². The molecule has 1 fully saturated rings. The summed E-state index contributed by atoms with van der Waals surface area (Å²) in [6, 6.07) is 9.76. The number of nitrogens with one attached hydrogen (secondary N) is 1. The van der Waals surface area contributed by atoms with Gasteiger partial charge in [-0.1, -0.05) is 23.2 Å². The van der Waals surface area contributed by atoms with Crippen molar-refractivity contribution >= 4 is 35.6 Å². The Morgan fingerprint density at radius 3 is 2.59 bits per heavy atom. The molecule has 1 N–H and O–H groups in total. The fourth-order valence-corrected chi connectivity index (χ4v) is 2.79. The van der Waals surface area contributed by atoms with E-state index < -0.39 is 0 Å². The van der Waals surface area contributed by atoms with Crippen LogP contribution < -0.4 is 10.1 Å². The van der Waals surface area contributed by atoms with Gasteiger partial charge in [-0.2, -0.15) is 0 Å². The van der Waals surface area contributed by atoms with Crippen LogP contribution in [0, 0.1) is 5.82 Å². The van der Waals surface area contributed by atoms with E-state index in [0.29, 0.717) is 21.5 Å². The van der Waals surface area contributed by atoms with Crippen LogP contribution in [0.2, 0.25) is 10.0 Å². The lowest BCUT2D eigenvalue weighted by Crippen LogP contribution is -2.13. The number of hydrogen-bond donors (Lipinski definition) is 1. The first-order valence-corrected chi connectivity index (χ1v) is 7.55. The summed E-state index contributed by atoms with van der Waals surface area (Å²) in [5, 5.41) is 4.25. The van der Waals surface area contributed by atoms with Crippen molar-refractivity contribution in [2.45, 2.75) is 18.9 Å². The normalized spacial score (nSPS) is 17.1. The maximum Gasteiger partial charge on any atom is 0.132 e. The predicted molar refractivity (Wildman–Crippen MR) is 90.2 cm³/mol. The molecule has 6 heteroatoms. The van der Waals surface area contributed by atoms with Gasteiger partial charge in [-0.3, -0.25) is 0 Å². The van der Waals surface area contributed by atoms with E-state index in [4.69, 9.17) is 27.9 Å².